The van der Waals surface area contributed by atoms with Crippen molar-refractivity contribution in [2.45, 2.75) is 45.7 Å². The van der Waals surface area contributed by atoms with Gasteiger partial charge in [-0.15, -0.1) is 0 Å². The first-order valence-corrected chi connectivity index (χ1v) is 7.56. The van der Waals surface area contributed by atoms with Crippen molar-refractivity contribution in [3.05, 3.63) is 60.2 Å². The van der Waals surface area contributed by atoms with Crippen LogP contribution in [-0.2, 0) is 6.54 Å². The molecule has 0 saturated carbocycles. The van der Waals surface area contributed by atoms with Crippen molar-refractivity contribution in [3.8, 4) is 11.1 Å². The van der Waals surface area contributed by atoms with Crippen molar-refractivity contribution >= 4 is 0 Å². The van der Waals surface area contributed by atoms with Crippen molar-refractivity contribution in [1.82, 2.24) is 5.32 Å². The molecule has 2 rings (SSSR count). The molecule has 0 amide bonds. The monoisotopic (exact) mass is 267 g/mol. The van der Waals surface area contributed by atoms with Gasteiger partial charge in [0, 0.05) is 12.1 Å². The van der Waals surface area contributed by atoms with Gasteiger partial charge in [0.25, 0.3) is 0 Å². The first-order valence-electron chi connectivity index (χ1n) is 7.56. The Morgan fingerprint density at radius 3 is 1.90 bits per heavy atom. The molecular formula is C19H25N. The van der Waals surface area contributed by atoms with Crippen LogP contribution in [0.4, 0.5) is 0 Å². The summed E-state index contributed by atoms with van der Waals surface area (Å²) in [6.45, 7) is 7.72. The van der Waals surface area contributed by atoms with Crippen molar-refractivity contribution in [2.75, 3.05) is 0 Å². The van der Waals surface area contributed by atoms with Crippen LogP contribution in [0.2, 0.25) is 0 Å². The second kappa shape index (κ2) is 6.71. The number of nitrogens with one attached hydrogen (secondary N) is 1. The summed E-state index contributed by atoms with van der Waals surface area (Å²) in [4.78, 5) is 0. The zero-order valence-corrected chi connectivity index (χ0v) is 12.8. The van der Waals surface area contributed by atoms with Crippen molar-refractivity contribution in [1.29, 1.82) is 0 Å². The number of hydrogen-bond acceptors (Lipinski definition) is 1. The van der Waals surface area contributed by atoms with Crippen LogP contribution in [0.1, 0.15) is 39.2 Å². The van der Waals surface area contributed by atoms with E-state index < -0.39 is 0 Å². The molecule has 0 radical (unpaired) electrons. The van der Waals surface area contributed by atoms with E-state index in [0.29, 0.717) is 0 Å². The minimum atomic E-state index is 0.248. The molecule has 0 aliphatic rings. The fourth-order valence-corrected chi connectivity index (χ4v) is 2.26. The third kappa shape index (κ3) is 3.71. The van der Waals surface area contributed by atoms with Gasteiger partial charge in [-0.2, -0.15) is 0 Å². The largest absolute Gasteiger partial charge is 0.307 e. The Morgan fingerprint density at radius 1 is 0.800 bits per heavy atom. The van der Waals surface area contributed by atoms with Crippen molar-refractivity contribution in [2.24, 2.45) is 0 Å². The first-order chi connectivity index (χ1) is 9.67. The van der Waals surface area contributed by atoms with Gasteiger partial charge >= 0.3 is 0 Å². The van der Waals surface area contributed by atoms with Crippen LogP contribution in [0, 0.1) is 0 Å². The second-order valence-corrected chi connectivity index (χ2v) is 5.68. The van der Waals surface area contributed by atoms with E-state index >= 15 is 0 Å². The summed E-state index contributed by atoms with van der Waals surface area (Å²) in [5, 5.41) is 3.67. The molecule has 0 aliphatic heterocycles. The molecule has 0 aliphatic carbocycles. The van der Waals surface area contributed by atoms with Gasteiger partial charge in [0.15, 0.2) is 0 Å². The molecule has 0 bridgehead atoms. The van der Waals surface area contributed by atoms with Crippen LogP contribution < -0.4 is 5.32 Å². The molecule has 0 unspecified atom stereocenters. The van der Waals surface area contributed by atoms with E-state index in [1.165, 1.54) is 16.7 Å². The van der Waals surface area contributed by atoms with Crippen molar-refractivity contribution < 1.29 is 0 Å². The molecule has 20 heavy (non-hydrogen) atoms. The Bertz CT molecular complexity index is 509. The highest BCUT2D eigenvalue weighted by Gasteiger charge is 2.17. The first kappa shape index (κ1) is 14.8. The highest BCUT2D eigenvalue weighted by atomic mass is 15.0. The molecule has 0 heterocycles. The molecule has 2 aromatic rings. The quantitative estimate of drug-likeness (QED) is 0.774. The van der Waals surface area contributed by atoms with Gasteiger partial charge < -0.3 is 5.32 Å². The molecule has 0 fully saturated rings. The van der Waals surface area contributed by atoms with E-state index in [0.717, 1.165) is 19.4 Å². The highest BCUT2D eigenvalue weighted by Crippen LogP contribution is 2.20. The zero-order chi connectivity index (χ0) is 14.4. The summed E-state index contributed by atoms with van der Waals surface area (Å²) in [6.07, 6.45) is 2.32. The van der Waals surface area contributed by atoms with Crippen LogP contribution in [0.25, 0.3) is 11.1 Å². The Kier molecular flexibility index (Phi) is 4.97. The lowest BCUT2D eigenvalue weighted by molar-refractivity contribution is 0.329. The summed E-state index contributed by atoms with van der Waals surface area (Å²) < 4.78 is 0. The van der Waals surface area contributed by atoms with E-state index in [-0.39, 0.29) is 5.54 Å². The average molecular weight is 267 g/mol. The minimum Gasteiger partial charge on any atom is -0.307 e. The molecule has 0 atom stereocenters. The van der Waals surface area contributed by atoms with E-state index in [4.69, 9.17) is 0 Å². The van der Waals surface area contributed by atoms with Crippen LogP contribution in [0.3, 0.4) is 0 Å². The van der Waals surface area contributed by atoms with Gasteiger partial charge in [-0.05, 0) is 36.5 Å². The fourth-order valence-electron chi connectivity index (χ4n) is 2.26. The maximum Gasteiger partial charge on any atom is 0.0210 e. The Balaban J connectivity index is 2.02. The molecule has 0 spiro atoms. The normalized spacial score (nSPS) is 11.6. The van der Waals surface area contributed by atoms with Gasteiger partial charge in [0.2, 0.25) is 0 Å². The topological polar surface area (TPSA) is 12.0 Å². The summed E-state index contributed by atoms with van der Waals surface area (Å²) in [5.41, 5.74) is 4.15. The highest BCUT2D eigenvalue weighted by molar-refractivity contribution is 5.63. The van der Waals surface area contributed by atoms with E-state index in [2.05, 4.69) is 80.7 Å². The van der Waals surface area contributed by atoms with Crippen LogP contribution >= 0.6 is 0 Å². The average Bonchev–Trinajstić information content (AvgIpc) is 2.54. The smallest absolute Gasteiger partial charge is 0.0210 e. The van der Waals surface area contributed by atoms with Crippen LogP contribution in [0.5, 0.6) is 0 Å². The lowest BCUT2D eigenvalue weighted by Crippen LogP contribution is -2.40. The number of rotatable bonds is 6. The Morgan fingerprint density at radius 2 is 1.35 bits per heavy atom. The molecule has 0 saturated heterocycles. The summed E-state index contributed by atoms with van der Waals surface area (Å²) in [6, 6.07) is 19.4. The lowest BCUT2D eigenvalue weighted by Gasteiger charge is -2.28. The molecule has 1 heteroatoms. The third-order valence-electron chi connectivity index (χ3n) is 4.34. The molecule has 1 N–H and O–H groups in total. The molecule has 0 aromatic heterocycles. The summed E-state index contributed by atoms with van der Waals surface area (Å²) >= 11 is 0. The van der Waals surface area contributed by atoms with E-state index in [1.807, 2.05) is 0 Å². The predicted molar refractivity (Wildman–Crippen MR) is 87.7 cm³/mol. The second-order valence-electron chi connectivity index (χ2n) is 5.68. The van der Waals surface area contributed by atoms with E-state index in [9.17, 15) is 0 Å². The van der Waals surface area contributed by atoms with Gasteiger partial charge in [-0.1, -0.05) is 68.4 Å². The molecule has 106 valence electrons. The van der Waals surface area contributed by atoms with Gasteiger partial charge in [-0.3, -0.25) is 0 Å². The van der Waals surface area contributed by atoms with Gasteiger partial charge in [0.05, 0.1) is 0 Å². The van der Waals surface area contributed by atoms with E-state index in [1.54, 1.807) is 0 Å². The third-order valence-corrected chi connectivity index (χ3v) is 4.34. The molecule has 2 aromatic carbocycles. The zero-order valence-electron chi connectivity index (χ0n) is 12.8. The minimum absolute atomic E-state index is 0.248. The summed E-state index contributed by atoms with van der Waals surface area (Å²) in [7, 11) is 0. The summed E-state index contributed by atoms with van der Waals surface area (Å²) in [5.74, 6) is 0. The maximum atomic E-state index is 3.67. The number of hydrogen-bond donors (Lipinski definition) is 1. The predicted octanol–water partition coefficient (Wildman–Crippen LogP) is 5.02. The maximum absolute atomic E-state index is 3.67. The SMILES string of the molecule is CCC(C)(CC)NCc1ccc(-c2ccccc2)cc1. The standard InChI is InChI=1S/C19H25N/c1-4-19(3,5-2)20-15-16-11-13-18(14-12-16)17-9-7-6-8-10-17/h6-14,20H,4-5,15H2,1-3H3. The Hall–Kier alpha value is -1.60. The van der Waals surface area contributed by atoms with Gasteiger partial charge in [-0.25, -0.2) is 0 Å². The molecular weight excluding hydrogens is 242 g/mol. The van der Waals surface area contributed by atoms with Crippen LogP contribution in [0.15, 0.2) is 54.6 Å². The lowest BCUT2D eigenvalue weighted by atomic mass is 9.95. The van der Waals surface area contributed by atoms with Crippen LogP contribution in [-0.4, -0.2) is 5.54 Å². The van der Waals surface area contributed by atoms with Gasteiger partial charge in [0.1, 0.15) is 0 Å². The Labute approximate surface area is 123 Å². The van der Waals surface area contributed by atoms with Crippen molar-refractivity contribution in [3.63, 3.8) is 0 Å². The number of benzene rings is 2. The molecule has 1 nitrogen and oxygen atoms in total. The fraction of sp³-hybridized carbons (Fsp3) is 0.368.